The molecule has 2 N–H and O–H groups in total. The molecule has 0 spiro atoms. The molecule has 1 aromatic carbocycles. The Balaban J connectivity index is 2.48. The van der Waals surface area contributed by atoms with Gasteiger partial charge in [-0.1, -0.05) is 18.2 Å². The van der Waals surface area contributed by atoms with Gasteiger partial charge < -0.3 is 4.18 Å². The van der Waals surface area contributed by atoms with Crippen LogP contribution in [0.15, 0.2) is 36.4 Å². The Morgan fingerprint density at radius 1 is 1.13 bits per heavy atom. The number of rotatable bonds is 2. The molecule has 6 heteroatoms. The molecule has 2 aromatic rings. The van der Waals surface area contributed by atoms with Crippen molar-refractivity contribution >= 4 is 21.2 Å². The maximum absolute atomic E-state index is 10.7. The fourth-order valence-corrected chi connectivity index (χ4v) is 1.54. The third-order valence-corrected chi connectivity index (χ3v) is 2.18. The van der Waals surface area contributed by atoms with Gasteiger partial charge in [-0.3, -0.25) is 0 Å². The van der Waals surface area contributed by atoms with Gasteiger partial charge in [-0.25, -0.2) is 4.98 Å². The minimum absolute atomic E-state index is 0.0313. The topological polar surface area (TPSA) is 82.3 Å². The summed E-state index contributed by atoms with van der Waals surface area (Å²) in [6.45, 7) is 0. The molecule has 0 radical (unpaired) electrons. The Bertz CT molecular complexity index is 595. The van der Waals surface area contributed by atoms with Crippen LogP contribution in [0.25, 0.3) is 10.9 Å². The van der Waals surface area contributed by atoms with E-state index in [0.29, 0.717) is 5.52 Å². The van der Waals surface area contributed by atoms with E-state index in [-0.39, 0.29) is 5.88 Å². The molecule has 0 aliphatic carbocycles. The predicted octanol–water partition coefficient (Wildman–Crippen LogP) is 0.817. The van der Waals surface area contributed by atoms with Crippen molar-refractivity contribution in [3.8, 4) is 5.88 Å². The van der Waals surface area contributed by atoms with Crippen LogP contribution in [-0.4, -0.2) is 13.4 Å². The van der Waals surface area contributed by atoms with Crippen molar-refractivity contribution in [2.45, 2.75) is 0 Å². The summed E-state index contributed by atoms with van der Waals surface area (Å²) >= 11 is 0. The maximum atomic E-state index is 10.7. The number of hydrogen-bond donors (Lipinski definition) is 1. The van der Waals surface area contributed by atoms with Gasteiger partial charge >= 0.3 is 10.3 Å². The van der Waals surface area contributed by atoms with Gasteiger partial charge in [0.05, 0.1) is 5.52 Å². The average molecular weight is 224 g/mol. The minimum atomic E-state index is -4.01. The van der Waals surface area contributed by atoms with E-state index in [1.165, 1.54) is 6.07 Å². The molecule has 15 heavy (non-hydrogen) atoms. The molecule has 0 atom stereocenters. The van der Waals surface area contributed by atoms with E-state index in [1.807, 2.05) is 12.1 Å². The van der Waals surface area contributed by atoms with Crippen molar-refractivity contribution in [2.24, 2.45) is 5.14 Å². The molecule has 0 saturated carbocycles. The van der Waals surface area contributed by atoms with Crippen LogP contribution in [0.1, 0.15) is 0 Å². The average Bonchev–Trinajstić information content (AvgIpc) is 2.15. The van der Waals surface area contributed by atoms with Crippen molar-refractivity contribution in [2.75, 3.05) is 0 Å². The van der Waals surface area contributed by atoms with Gasteiger partial charge in [0.2, 0.25) is 5.88 Å². The molecular weight excluding hydrogens is 216 g/mol. The first-order valence-corrected chi connectivity index (χ1v) is 5.60. The van der Waals surface area contributed by atoms with Gasteiger partial charge in [-0.2, -0.15) is 13.6 Å². The lowest BCUT2D eigenvalue weighted by Gasteiger charge is -2.02. The number of pyridine rings is 1. The van der Waals surface area contributed by atoms with E-state index in [9.17, 15) is 8.42 Å². The van der Waals surface area contributed by atoms with Gasteiger partial charge in [0, 0.05) is 11.5 Å². The summed E-state index contributed by atoms with van der Waals surface area (Å²) < 4.78 is 25.8. The summed E-state index contributed by atoms with van der Waals surface area (Å²) in [6.07, 6.45) is 0. The van der Waals surface area contributed by atoms with Crippen molar-refractivity contribution < 1.29 is 12.6 Å². The smallest absolute Gasteiger partial charge is 0.350 e. The summed E-state index contributed by atoms with van der Waals surface area (Å²) in [4.78, 5) is 3.98. The molecule has 0 amide bonds. The van der Waals surface area contributed by atoms with Crippen LogP contribution < -0.4 is 9.32 Å². The number of para-hydroxylation sites is 1. The molecule has 1 heterocycles. The fourth-order valence-electron chi connectivity index (χ4n) is 1.21. The van der Waals surface area contributed by atoms with Crippen molar-refractivity contribution in [3.63, 3.8) is 0 Å². The van der Waals surface area contributed by atoms with E-state index < -0.39 is 10.3 Å². The standard InChI is InChI=1S/C9H8N2O3S/c10-15(12,13)14-9-6-5-7-3-1-2-4-8(7)11-9/h1-6H,(H2,10,12,13). The third kappa shape index (κ3) is 2.42. The molecule has 0 aliphatic rings. The number of fused-ring (bicyclic) bond motifs is 1. The lowest BCUT2D eigenvalue weighted by Crippen LogP contribution is -2.19. The highest BCUT2D eigenvalue weighted by atomic mass is 32.2. The second kappa shape index (κ2) is 3.48. The molecule has 0 saturated heterocycles. The monoisotopic (exact) mass is 224 g/mol. The van der Waals surface area contributed by atoms with Crippen molar-refractivity contribution in [1.29, 1.82) is 0 Å². The molecule has 78 valence electrons. The molecule has 0 unspecified atom stereocenters. The van der Waals surface area contributed by atoms with E-state index >= 15 is 0 Å². The van der Waals surface area contributed by atoms with Crippen LogP contribution in [0.4, 0.5) is 0 Å². The van der Waals surface area contributed by atoms with Crippen LogP contribution in [0, 0.1) is 0 Å². The number of nitrogens with two attached hydrogens (primary N) is 1. The quantitative estimate of drug-likeness (QED) is 0.818. The van der Waals surface area contributed by atoms with E-state index in [4.69, 9.17) is 5.14 Å². The van der Waals surface area contributed by atoms with Gasteiger partial charge in [0.1, 0.15) is 0 Å². The highest BCUT2D eigenvalue weighted by Crippen LogP contribution is 2.16. The molecular formula is C9H8N2O3S. The first kappa shape index (κ1) is 9.88. The van der Waals surface area contributed by atoms with E-state index in [2.05, 4.69) is 9.17 Å². The number of aromatic nitrogens is 1. The van der Waals surface area contributed by atoms with Crippen molar-refractivity contribution in [1.82, 2.24) is 4.98 Å². The predicted molar refractivity (Wildman–Crippen MR) is 55.5 cm³/mol. The van der Waals surface area contributed by atoms with Gasteiger partial charge in [0.25, 0.3) is 0 Å². The fraction of sp³-hybridized carbons (Fsp3) is 0. The number of hydrogen-bond acceptors (Lipinski definition) is 4. The van der Waals surface area contributed by atoms with Crippen LogP contribution in [0.5, 0.6) is 5.88 Å². The van der Waals surface area contributed by atoms with Crippen molar-refractivity contribution in [3.05, 3.63) is 36.4 Å². The maximum Gasteiger partial charge on any atom is 0.381 e. The van der Waals surface area contributed by atoms with Gasteiger partial charge in [0.15, 0.2) is 0 Å². The first-order valence-electron chi connectivity index (χ1n) is 4.13. The Morgan fingerprint density at radius 2 is 1.87 bits per heavy atom. The van der Waals surface area contributed by atoms with Crippen LogP contribution in [-0.2, 0) is 10.3 Å². The Morgan fingerprint density at radius 3 is 2.60 bits per heavy atom. The third-order valence-electron chi connectivity index (χ3n) is 1.77. The Hall–Kier alpha value is -1.66. The largest absolute Gasteiger partial charge is 0.381 e. The molecule has 2 rings (SSSR count). The Kier molecular flexibility index (Phi) is 2.29. The molecule has 5 nitrogen and oxygen atoms in total. The first-order chi connectivity index (χ1) is 7.04. The highest BCUT2D eigenvalue weighted by molar-refractivity contribution is 7.84. The SMILES string of the molecule is NS(=O)(=O)Oc1ccc2ccccc2n1. The molecule has 0 aliphatic heterocycles. The Labute approximate surface area is 86.8 Å². The second-order valence-corrected chi connectivity index (χ2v) is 4.07. The molecule has 0 bridgehead atoms. The summed E-state index contributed by atoms with van der Waals surface area (Å²) in [7, 11) is -4.01. The van der Waals surface area contributed by atoms with E-state index in [0.717, 1.165) is 5.39 Å². The highest BCUT2D eigenvalue weighted by Gasteiger charge is 2.06. The normalized spacial score (nSPS) is 11.5. The summed E-state index contributed by atoms with van der Waals surface area (Å²) in [5, 5.41) is 5.62. The summed E-state index contributed by atoms with van der Waals surface area (Å²) in [5.41, 5.74) is 0.652. The van der Waals surface area contributed by atoms with Crippen LogP contribution in [0.2, 0.25) is 0 Å². The number of benzene rings is 1. The summed E-state index contributed by atoms with van der Waals surface area (Å²) in [6, 6.07) is 10.4. The second-order valence-electron chi connectivity index (χ2n) is 2.92. The molecule has 1 aromatic heterocycles. The molecule has 0 fully saturated rings. The van der Waals surface area contributed by atoms with Crippen LogP contribution >= 0.6 is 0 Å². The van der Waals surface area contributed by atoms with Gasteiger partial charge in [-0.15, -0.1) is 0 Å². The lowest BCUT2D eigenvalue weighted by molar-refractivity contribution is 0.479. The minimum Gasteiger partial charge on any atom is -0.350 e. The zero-order chi connectivity index (χ0) is 10.9. The summed E-state index contributed by atoms with van der Waals surface area (Å²) in [5.74, 6) is -0.0313. The zero-order valence-electron chi connectivity index (χ0n) is 7.62. The lowest BCUT2D eigenvalue weighted by atomic mass is 10.2. The van der Waals surface area contributed by atoms with E-state index in [1.54, 1.807) is 18.2 Å². The zero-order valence-corrected chi connectivity index (χ0v) is 8.44. The number of nitrogens with zero attached hydrogens (tertiary/aromatic N) is 1. The van der Waals surface area contributed by atoms with Gasteiger partial charge in [-0.05, 0) is 12.1 Å². The van der Waals surface area contributed by atoms with Crippen LogP contribution in [0.3, 0.4) is 0 Å².